The molecule has 0 saturated heterocycles. The largest absolute Gasteiger partial charge is 0.493 e. The molecule has 1 aromatic rings. The number of carbonyl (C=O) groups excluding carboxylic acids is 1. The molecule has 0 fully saturated rings. The third-order valence-electron chi connectivity index (χ3n) is 2.29. The summed E-state index contributed by atoms with van der Waals surface area (Å²) in [5, 5.41) is 12.1. The van der Waals surface area contributed by atoms with E-state index in [0.29, 0.717) is 24.3 Å². The molecule has 0 spiro atoms. The number of amides is 1. The number of nitrogens with one attached hydrogen (secondary N) is 1. The maximum atomic E-state index is 11.0. The molecule has 1 rings (SSSR count). The summed E-state index contributed by atoms with van der Waals surface area (Å²) in [4.78, 5) is 11.0. The van der Waals surface area contributed by atoms with E-state index in [4.69, 9.17) is 4.74 Å². The highest BCUT2D eigenvalue weighted by Crippen LogP contribution is 2.28. The number of hydrogen-bond acceptors (Lipinski definition) is 3. The van der Waals surface area contributed by atoms with Crippen LogP contribution in [0.25, 0.3) is 0 Å². The summed E-state index contributed by atoms with van der Waals surface area (Å²) < 4.78 is 6.37. The molecule has 1 aromatic carbocycles. The molecule has 0 saturated carbocycles. The summed E-state index contributed by atoms with van der Waals surface area (Å²) in [6, 6.07) is 5.41. The van der Waals surface area contributed by atoms with E-state index in [2.05, 4.69) is 21.2 Å². The average molecular weight is 302 g/mol. The van der Waals surface area contributed by atoms with Crippen molar-refractivity contribution in [2.24, 2.45) is 0 Å². The normalized spacial score (nSPS) is 12.0. The van der Waals surface area contributed by atoms with E-state index in [1.165, 1.54) is 0 Å². The van der Waals surface area contributed by atoms with E-state index >= 15 is 0 Å². The van der Waals surface area contributed by atoms with Crippen molar-refractivity contribution in [2.45, 2.75) is 19.4 Å². The topological polar surface area (TPSA) is 58.6 Å². The summed E-state index contributed by atoms with van der Waals surface area (Å²) in [5.41, 5.74) is 0.705. The van der Waals surface area contributed by atoms with Crippen LogP contribution in [-0.2, 0) is 4.79 Å². The molecule has 0 bridgehead atoms. The van der Waals surface area contributed by atoms with Crippen LogP contribution in [0.3, 0.4) is 0 Å². The molecule has 17 heavy (non-hydrogen) atoms. The summed E-state index contributed by atoms with van der Waals surface area (Å²) in [6.07, 6.45) is -0.311. The minimum Gasteiger partial charge on any atom is -0.493 e. The van der Waals surface area contributed by atoms with Gasteiger partial charge in [-0.05, 0) is 25.1 Å². The lowest BCUT2D eigenvalue weighted by Crippen LogP contribution is -2.20. The Kier molecular flexibility index (Phi) is 5.44. The molecule has 1 amide bonds. The van der Waals surface area contributed by atoms with Crippen molar-refractivity contribution in [3.63, 3.8) is 0 Å². The number of ether oxygens (including phenoxy) is 1. The van der Waals surface area contributed by atoms with Gasteiger partial charge < -0.3 is 15.2 Å². The van der Waals surface area contributed by atoms with Gasteiger partial charge in [-0.3, -0.25) is 4.79 Å². The molecule has 94 valence electrons. The number of rotatable bonds is 5. The van der Waals surface area contributed by atoms with Crippen molar-refractivity contribution in [3.05, 3.63) is 28.2 Å². The summed E-state index contributed by atoms with van der Waals surface area (Å²) in [7, 11) is 1.59. The smallest absolute Gasteiger partial charge is 0.223 e. The third-order valence-corrected chi connectivity index (χ3v) is 2.78. The van der Waals surface area contributed by atoms with E-state index in [0.717, 1.165) is 4.47 Å². The Morgan fingerprint density at radius 1 is 1.59 bits per heavy atom. The second-order valence-corrected chi connectivity index (χ2v) is 4.55. The van der Waals surface area contributed by atoms with E-state index in [1.807, 2.05) is 6.07 Å². The van der Waals surface area contributed by atoms with Crippen LogP contribution in [0.2, 0.25) is 0 Å². The van der Waals surface area contributed by atoms with Gasteiger partial charge in [0, 0.05) is 17.1 Å². The minimum absolute atomic E-state index is 0.0688. The Labute approximate surface area is 109 Å². The van der Waals surface area contributed by atoms with Crippen molar-refractivity contribution in [2.75, 3.05) is 13.7 Å². The molecule has 4 nitrogen and oxygen atoms in total. The molecule has 0 aliphatic carbocycles. The van der Waals surface area contributed by atoms with Crippen LogP contribution in [0.5, 0.6) is 5.75 Å². The quantitative estimate of drug-likeness (QED) is 0.875. The van der Waals surface area contributed by atoms with E-state index < -0.39 is 6.10 Å². The number of benzene rings is 1. The molecule has 2 N–H and O–H groups in total. The lowest BCUT2D eigenvalue weighted by Gasteiger charge is -2.13. The summed E-state index contributed by atoms with van der Waals surface area (Å²) >= 11 is 3.34. The highest BCUT2D eigenvalue weighted by molar-refractivity contribution is 9.10. The molecule has 5 heteroatoms. The molecule has 0 aliphatic rings. The fraction of sp³-hybridized carbons (Fsp3) is 0.417. The monoisotopic (exact) mass is 301 g/mol. The second kappa shape index (κ2) is 6.61. The zero-order valence-corrected chi connectivity index (χ0v) is 11.5. The van der Waals surface area contributed by atoms with Crippen molar-refractivity contribution < 1.29 is 14.6 Å². The Morgan fingerprint density at radius 2 is 2.29 bits per heavy atom. The van der Waals surface area contributed by atoms with Gasteiger partial charge in [0.15, 0.2) is 0 Å². The first kappa shape index (κ1) is 14.0. The highest BCUT2D eigenvalue weighted by Gasteiger charge is 2.10. The van der Waals surface area contributed by atoms with E-state index in [-0.39, 0.29) is 5.91 Å². The molecule has 1 unspecified atom stereocenters. The van der Waals surface area contributed by atoms with Crippen LogP contribution in [0.15, 0.2) is 22.7 Å². The molecule has 0 heterocycles. The first-order valence-corrected chi connectivity index (χ1v) is 6.14. The Hall–Kier alpha value is -1.07. The predicted octanol–water partition coefficient (Wildman–Crippen LogP) is 2.02. The minimum atomic E-state index is -0.609. The van der Waals surface area contributed by atoms with Crippen LogP contribution in [-0.4, -0.2) is 24.7 Å². The first-order valence-electron chi connectivity index (χ1n) is 5.35. The zero-order valence-electron chi connectivity index (χ0n) is 9.87. The van der Waals surface area contributed by atoms with Gasteiger partial charge in [0.1, 0.15) is 5.75 Å². The third kappa shape index (κ3) is 4.36. The van der Waals surface area contributed by atoms with Gasteiger partial charge in [-0.25, -0.2) is 0 Å². The number of carbonyl (C=O) groups is 1. The number of hydrogen-bond donors (Lipinski definition) is 2. The van der Waals surface area contributed by atoms with Crippen LogP contribution in [0.4, 0.5) is 0 Å². The number of halogens is 1. The van der Waals surface area contributed by atoms with Gasteiger partial charge in [-0.1, -0.05) is 15.9 Å². The van der Waals surface area contributed by atoms with Crippen LogP contribution in [0, 0.1) is 0 Å². The molecule has 0 aromatic heterocycles. The van der Waals surface area contributed by atoms with Crippen molar-refractivity contribution in [3.8, 4) is 5.75 Å². The summed E-state index contributed by atoms with van der Waals surface area (Å²) in [6.45, 7) is 1.97. The number of aliphatic hydroxyl groups is 1. The van der Waals surface area contributed by atoms with Crippen molar-refractivity contribution >= 4 is 21.8 Å². The van der Waals surface area contributed by atoms with Crippen molar-refractivity contribution in [1.82, 2.24) is 5.32 Å². The van der Waals surface area contributed by atoms with Gasteiger partial charge in [0.05, 0.1) is 19.1 Å². The fourth-order valence-corrected chi connectivity index (χ4v) is 1.73. The molecular formula is C12H16BrNO3. The SMILES string of the molecule is CNC(=O)CCOc1ccc(Br)cc1C(C)O. The molecule has 1 atom stereocenters. The van der Waals surface area contributed by atoms with E-state index in [1.54, 1.807) is 26.1 Å². The lowest BCUT2D eigenvalue weighted by atomic mass is 10.1. The predicted molar refractivity (Wildman–Crippen MR) is 69.0 cm³/mol. The summed E-state index contributed by atoms with van der Waals surface area (Å²) in [5.74, 6) is 0.535. The fourth-order valence-electron chi connectivity index (χ4n) is 1.36. The van der Waals surface area contributed by atoms with Crippen LogP contribution in [0.1, 0.15) is 25.0 Å². The van der Waals surface area contributed by atoms with Crippen molar-refractivity contribution in [1.29, 1.82) is 0 Å². The first-order chi connectivity index (χ1) is 8.04. The Balaban J connectivity index is 2.67. The van der Waals surface area contributed by atoms with Gasteiger partial charge >= 0.3 is 0 Å². The van der Waals surface area contributed by atoms with E-state index in [9.17, 15) is 9.90 Å². The van der Waals surface area contributed by atoms with Gasteiger partial charge in [0.2, 0.25) is 5.91 Å². The highest BCUT2D eigenvalue weighted by atomic mass is 79.9. The standard InChI is InChI=1S/C12H16BrNO3/c1-8(15)10-7-9(13)3-4-11(10)17-6-5-12(16)14-2/h3-4,7-8,15H,5-6H2,1-2H3,(H,14,16). The maximum absolute atomic E-state index is 11.0. The maximum Gasteiger partial charge on any atom is 0.223 e. The van der Waals surface area contributed by atoms with Crippen LogP contribution < -0.4 is 10.1 Å². The lowest BCUT2D eigenvalue weighted by molar-refractivity contribution is -0.121. The molecular weight excluding hydrogens is 286 g/mol. The Bertz CT molecular complexity index is 393. The average Bonchev–Trinajstić information content (AvgIpc) is 2.30. The molecule has 0 radical (unpaired) electrons. The second-order valence-electron chi connectivity index (χ2n) is 3.63. The molecule has 0 aliphatic heterocycles. The van der Waals surface area contributed by atoms with Crippen LogP contribution >= 0.6 is 15.9 Å². The van der Waals surface area contributed by atoms with Gasteiger partial charge in [-0.2, -0.15) is 0 Å². The van der Waals surface area contributed by atoms with Gasteiger partial charge in [-0.15, -0.1) is 0 Å². The number of aliphatic hydroxyl groups excluding tert-OH is 1. The zero-order chi connectivity index (χ0) is 12.8. The van der Waals surface area contributed by atoms with Gasteiger partial charge in [0.25, 0.3) is 0 Å². The Morgan fingerprint density at radius 3 is 2.88 bits per heavy atom.